The van der Waals surface area contributed by atoms with Gasteiger partial charge in [0.05, 0.1) is 12.8 Å². The van der Waals surface area contributed by atoms with Crippen molar-refractivity contribution >= 4 is 21.8 Å². The second-order valence-corrected chi connectivity index (χ2v) is 8.77. The monoisotopic (exact) mass is 431 g/mol. The molecule has 0 saturated heterocycles. The number of sulfonamides is 1. The minimum atomic E-state index is -3.56. The van der Waals surface area contributed by atoms with Crippen LogP contribution in [-0.4, -0.2) is 75.1 Å². The summed E-state index contributed by atoms with van der Waals surface area (Å²) in [6.07, 6.45) is 1.63. The summed E-state index contributed by atoms with van der Waals surface area (Å²) in [4.78, 5) is 26.6. The predicted octanol–water partition coefficient (Wildman–Crippen LogP) is 0.977. The lowest BCUT2D eigenvalue weighted by Gasteiger charge is -2.30. The smallest absolute Gasteiger partial charge is 0.242 e. The average Bonchev–Trinajstić information content (AvgIpc) is 2.65. The van der Waals surface area contributed by atoms with Crippen molar-refractivity contribution in [1.82, 2.24) is 14.5 Å². The fourth-order valence-electron chi connectivity index (χ4n) is 2.45. The molecular formula is C19H30FN3O5S. The largest absolute Gasteiger partial charge is 0.382 e. The van der Waals surface area contributed by atoms with E-state index in [2.05, 4.69) is 5.32 Å². The zero-order valence-corrected chi connectivity index (χ0v) is 18.2. The van der Waals surface area contributed by atoms with E-state index in [-0.39, 0.29) is 12.5 Å². The molecule has 0 aliphatic rings. The van der Waals surface area contributed by atoms with Crippen molar-refractivity contribution in [3.8, 4) is 0 Å². The van der Waals surface area contributed by atoms with Gasteiger partial charge in [-0.3, -0.25) is 9.59 Å². The van der Waals surface area contributed by atoms with Gasteiger partial charge in [0.25, 0.3) is 0 Å². The number of carbonyl (C=O) groups is 2. The first-order valence-corrected chi connectivity index (χ1v) is 11.2. The van der Waals surface area contributed by atoms with E-state index in [0.29, 0.717) is 31.7 Å². The van der Waals surface area contributed by atoms with Gasteiger partial charge in [-0.1, -0.05) is 12.1 Å². The highest BCUT2D eigenvalue weighted by atomic mass is 32.2. The van der Waals surface area contributed by atoms with Crippen LogP contribution in [0, 0.1) is 5.82 Å². The maximum atomic E-state index is 13.2. The highest BCUT2D eigenvalue weighted by molar-refractivity contribution is 7.88. The average molecular weight is 432 g/mol. The van der Waals surface area contributed by atoms with Crippen molar-refractivity contribution in [1.29, 1.82) is 0 Å². The minimum absolute atomic E-state index is 0.0459. The van der Waals surface area contributed by atoms with E-state index in [4.69, 9.17) is 4.74 Å². The van der Waals surface area contributed by atoms with E-state index in [0.717, 1.165) is 10.6 Å². The standard InChI is InChI=1S/C19H30FN3O5S/c1-5-28-12-6-11-21-19(25)15(2)23(13-16-7-9-17(20)10-8-16)18(24)14-22(3)29(4,26)27/h7-10,15H,5-6,11-14H2,1-4H3,(H,21,25)/t15-/m0/s1. The summed E-state index contributed by atoms with van der Waals surface area (Å²) in [6, 6.07) is 4.72. The lowest BCUT2D eigenvalue weighted by Crippen LogP contribution is -2.50. The summed E-state index contributed by atoms with van der Waals surface area (Å²) >= 11 is 0. The zero-order chi connectivity index (χ0) is 22.0. The summed E-state index contributed by atoms with van der Waals surface area (Å²) in [5.41, 5.74) is 0.623. The Balaban J connectivity index is 2.88. The number of carbonyl (C=O) groups excluding carboxylic acids is 2. The third-order valence-electron chi connectivity index (χ3n) is 4.33. The van der Waals surface area contributed by atoms with E-state index >= 15 is 0 Å². The molecular weight excluding hydrogens is 401 g/mol. The lowest BCUT2D eigenvalue weighted by atomic mass is 10.1. The van der Waals surface area contributed by atoms with Gasteiger partial charge in [0.15, 0.2) is 0 Å². The fraction of sp³-hybridized carbons (Fsp3) is 0.579. The Morgan fingerprint density at radius 3 is 2.41 bits per heavy atom. The van der Waals surface area contributed by atoms with Gasteiger partial charge < -0.3 is 15.0 Å². The van der Waals surface area contributed by atoms with E-state index in [1.165, 1.54) is 36.2 Å². The third kappa shape index (κ3) is 8.88. The van der Waals surface area contributed by atoms with Crippen molar-refractivity contribution < 1.29 is 27.1 Å². The van der Waals surface area contributed by atoms with Crippen LogP contribution in [0.4, 0.5) is 4.39 Å². The predicted molar refractivity (Wildman–Crippen MR) is 108 cm³/mol. The Kier molecular flexibility index (Phi) is 10.2. The molecule has 0 bridgehead atoms. The zero-order valence-electron chi connectivity index (χ0n) is 17.4. The van der Waals surface area contributed by atoms with Crippen LogP contribution in [0.1, 0.15) is 25.8 Å². The molecule has 1 atom stereocenters. The van der Waals surface area contributed by atoms with Crippen molar-refractivity contribution in [2.75, 3.05) is 39.6 Å². The molecule has 10 heteroatoms. The van der Waals surface area contributed by atoms with Crippen LogP contribution in [-0.2, 0) is 30.9 Å². The van der Waals surface area contributed by atoms with Gasteiger partial charge in [-0.05, 0) is 38.0 Å². The number of hydrogen-bond acceptors (Lipinski definition) is 5. The van der Waals surface area contributed by atoms with Gasteiger partial charge in [0, 0.05) is 33.4 Å². The molecule has 0 radical (unpaired) electrons. The minimum Gasteiger partial charge on any atom is -0.382 e. The Morgan fingerprint density at radius 2 is 1.86 bits per heavy atom. The van der Waals surface area contributed by atoms with Crippen LogP contribution in [0.25, 0.3) is 0 Å². The van der Waals surface area contributed by atoms with Crippen LogP contribution >= 0.6 is 0 Å². The maximum absolute atomic E-state index is 13.2. The molecule has 1 N–H and O–H groups in total. The first kappa shape index (κ1) is 25.0. The summed E-state index contributed by atoms with van der Waals surface area (Å²) in [7, 11) is -2.26. The molecule has 0 saturated carbocycles. The van der Waals surface area contributed by atoms with Crippen molar-refractivity contribution in [3.63, 3.8) is 0 Å². The second-order valence-electron chi connectivity index (χ2n) is 6.68. The molecule has 0 aliphatic carbocycles. The molecule has 0 fully saturated rings. The molecule has 1 aromatic carbocycles. The second kappa shape index (κ2) is 11.8. The Morgan fingerprint density at radius 1 is 1.24 bits per heavy atom. The Labute approximate surface area is 172 Å². The van der Waals surface area contributed by atoms with Crippen molar-refractivity contribution in [2.45, 2.75) is 32.9 Å². The van der Waals surface area contributed by atoms with Gasteiger partial charge in [0.1, 0.15) is 11.9 Å². The van der Waals surface area contributed by atoms with Gasteiger partial charge in [-0.25, -0.2) is 12.8 Å². The number of likely N-dealkylation sites (N-methyl/N-ethyl adjacent to an activating group) is 1. The summed E-state index contributed by atoms with van der Waals surface area (Å²) in [5.74, 6) is -1.30. The third-order valence-corrected chi connectivity index (χ3v) is 5.59. The Hall–Kier alpha value is -2.04. The molecule has 0 spiro atoms. The van der Waals surface area contributed by atoms with E-state index < -0.39 is 34.3 Å². The van der Waals surface area contributed by atoms with Crippen LogP contribution in [0.3, 0.4) is 0 Å². The van der Waals surface area contributed by atoms with Crippen LogP contribution in [0.5, 0.6) is 0 Å². The number of hydrogen-bond donors (Lipinski definition) is 1. The maximum Gasteiger partial charge on any atom is 0.242 e. The number of amides is 2. The molecule has 1 rings (SSSR count). The molecule has 0 aliphatic heterocycles. The highest BCUT2D eigenvalue weighted by Gasteiger charge is 2.28. The SMILES string of the molecule is CCOCCCNC(=O)[C@H](C)N(Cc1ccc(F)cc1)C(=O)CN(C)S(C)(=O)=O. The molecule has 8 nitrogen and oxygen atoms in total. The van der Waals surface area contributed by atoms with Crippen molar-refractivity contribution in [3.05, 3.63) is 35.6 Å². The number of nitrogens with zero attached hydrogens (tertiary/aromatic N) is 2. The van der Waals surface area contributed by atoms with E-state index in [9.17, 15) is 22.4 Å². The topological polar surface area (TPSA) is 96.0 Å². The van der Waals surface area contributed by atoms with Crippen LogP contribution in [0.2, 0.25) is 0 Å². The molecule has 0 aromatic heterocycles. The normalized spacial score (nSPS) is 12.6. The van der Waals surface area contributed by atoms with Gasteiger partial charge in [0.2, 0.25) is 21.8 Å². The quantitative estimate of drug-likeness (QED) is 0.498. The first-order chi connectivity index (χ1) is 13.6. The number of benzene rings is 1. The van der Waals surface area contributed by atoms with Crippen LogP contribution < -0.4 is 5.32 Å². The van der Waals surface area contributed by atoms with E-state index in [1.54, 1.807) is 6.92 Å². The number of ether oxygens (including phenoxy) is 1. The summed E-state index contributed by atoms with van der Waals surface area (Å²) in [5, 5.41) is 2.75. The van der Waals surface area contributed by atoms with Gasteiger partial charge in [-0.2, -0.15) is 4.31 Å². The van der Waals surface area contributed by atoms with Gasteiger partial charge >= 0.3 is 0 Å². The molecule has 164 valence electrons. The molecule has 0 unspecified atom stereocenters. The first-order valence-electron chi connectivity index (χ1n) is 9.37. The fourth-order valence-corrected chi connectivity index (χ4v) is 2.79. The molecule has 1 aromatic rings. The number of nitrogens with one attached hydrogen (secondary N) is 1. The molecule has 29 heavy (non-hydrogen) atoms. The Bertz CT molecular complexity index is 771. The van der Waals surface area contributed by atoms with Gasteiger partial charge in [-0.15, -0.1) is 0 Å². The van der Waals surface area contributed by atoms with E-state index in [1.807, 2.05) is 6.92 Å². The summed E-state index contributed by atoms with van der Waals surface area (Å²) in [6.45, 7) is 4.60. The van der Waals surface area contributed by atoms with Crippen molar-refractivity contribution in [2.24, 2.45) is 0 Å². The number of halogens is 1. The molecule has 2 amide bonds. The summed E-state index contributed by atoms with van der Waals surface area (Å²) < 4.78 is 42.6. The lowest BCUT2D eigenvalue weighted by molar-refractivity contribution is -0.140. The number of rotatable bonds is 12. The molecule has 0 heterocycles. The highest BCUT2D eigenvalue weighted by Crippen LogP contribution is 2.12. The van der Waals surface area contributed by atoms with Crippen LogP contribution in [0.15, 0.2) is 24.3 Å².